The number of halogens is 1. The van der Waals surface area contributed by atoms with Crippen LogP contribution in [0.4, 0.5) is 4.39 Å². The van der Waals surface area contributed by atoms with Crippen molar-refractivity contribution >= 4 is 5.91 Å². The van der Waals surface area contributed by atoms with Crippen LogP contribution in [0.3, 0.4) is 0 Å². The van der Waals surface area contributed by atoms with Gasteiger partial charge in [0.1, 0.15) is 5.82 Å². The van der Waals surface area contributed by atoms with Gasteiger partial charge in [-0.3, -0.25) is 4.79 Å². The third-order valence-corrected chi connectivity index (χ3v) is 2.93. The van der Waals surface area contributed by atoms with E-state index in [4.69, 9.17) is 5.73 Å². The summed E-state index contributed by atoms with van der Waals surface area (Å²) < 4.78 is 12.8. The van der Waals surface area contributed by atoms with Crippen LogP contribution in [0.25, 0.3) is 0 Å². The van der Waals surface area contributed by atoms with Gasteiger partial charge in [0.2, 0.25) is 5.91 Å². The van der Waals surface area contributed by atoms with Gasteiger partial charge in [0.25, 0.3) is 0 Å². The highest BCUT2D eigenvalue weighted by molar-refractivity contribution is 5.81. The monoisotopic (exact) mass is 252 g/mol. The van der Waals surface area contributed by atoms with Crippen molar-refractivity contribution in [2.24, 2.45) is 5.73 Å². The van der Waals surface area contributed by atoms with E-state index >= 15 is 0 Å². The van der Waals surface area contributed by atoms with Crippen molar-refractivity contribution in [3.63, 3.8) is 0 Å². The Balaban J connectivity index is 2.51. The Bertz CT molecular complexity index is 378. The largest absolute Gasteiger partial charge is 0.348 e. The lowest BCUT2D eigenvalue weighted by Crippen LogP contribution is -2.41. The highest BCUT2D eigenvalue weighted by Crippen LogP contribution is 2.13. The van der Waals surface area contributed by atoms with E-state index in [1.165, 1.54) is 12.1 Å². The first-order valence-corrected chi connectivity index (χ1v) is 6.36. The summed E-state index contributed by atoms with van der Waals surface area (Å²) in [6, 6.07) is 5.47. The Morgan fingerprint density at radius 1 is 1.39 bits per heavy atom. The van der Waals surface area contributed by atoms with E-state index in [9.17, 15) is 9.18 Å². The van der Waals surface area contributed by atoms with E-state index in [0.717, 1.165) is 18.4 Å². The summed E-state index contributed by atoms with van der Waals surface area (Å²) in [7, 11) is 0. The van der Waals surface area contributed by atoms with Gasteiger partial charge in [-0.2, -0.15) is 0 Å². The summed E-state index contributed by atoms with van der Waals surface area (Å²) in [4.78, 5) is 11.8. The fourth-order valence-corrected chi connectivity index (χ4v) is 1.71. The van der Waals surface area contributed by atoms with Gasteiger partial charge in [0, 0.05) is 0 Å². The summed E-state index contributed by atoms with van der Waals surface area (Å²) in [6.45, 7) is 3.92. The number of nitrogens with two attached hydrogens (primary N) is 1. The fraction of sp³-hybridized carbons (Fsp3) is 0.500. The Kier molecular flexibility index (Phi) is 5.78. The molecule has 0 heterocycles. The normalized spacial score (nSPS) is 14.0. The smallest absolute Gasteiger partial charge is 0.237 e. The van der Waals surface area contributed by atoms with Crippen molar-refractivity contribution in [1.29, 1.82) is 0 Å². The SMILES string of the molecule is CCCC[C@H](N)C(=O)N[C@@H](C)c1ccc(F)cc1. The summed E-state index contributed by atoms with van der Waals surface area (Å²) in [5.41, 5.74) is 6.65. The lowest BCUT2D eigenvalue weighted by atomic mass is 10.1. The maximum absolute atomic E-state index is 12.8. The number of carbonyl (C=O) groups excluding carboxylic acids is 1. The predicted molar refractivity (Wildman–Crippen MR) is 70.5 cm³/mol. The van der Waals surface area contributed by atoms with E-state index in [2.05, 4.69) is 12.2 Å². The van der Waals surface area contributed by atoms with Crippen molar-refractivity contribution in [3.05, 3.63) is 35.6 Å². The molecule has 0 aliphatic carbocycles. The van der Waals surface area contributed by atoms with Crippen LogP contribution in [0.2, 0.25) is 0 Å². The van der Waals surface area contributed by atoms with Gasteiger partial charge in [-0.25, -0.2) is 4.39 Å². The number of nitrogens with one attached hydrogen (secondary N) is 1. The zero-order valence-electron chi connectivity index (χ0n) is 10.9. The first-order chi connectivity index (χ1) is 8.54. The number of amides is 1. The van der Waals surface area contributed by atoms with E-state index in [1.54, 1.807) is 12.1 Å². The molecule has 0 saturated heterocycles. The predicted octanol–water partition coefficient (Wildman–Crippen LogP) is 2.52. The Morgan fingerprint density at radius 3 is 2.56 bits per heavy atom. The van der Waals surface area contributed by atoms with Crippen LogP contribution in [-0.4, -0.2) is 11.9 Å². The second-order valence-corrected chi connectivity index (χ2v) is 4.53. The molecule has 0 aliphatic heterocycles. The molecule has 0 aromatic heterocycles. The van der Waals surface area contributed by atoms with E-state index in [-0.39, 0.29) is 17.8 Å². The number of carbonyl (C=O) groups is 1. The Labute approximate surface area is 108 Å². The molecular formula is C14H21FN2O. The van der Waals surface area contributed by atoms with Gasteiger partial charge in [0.15, 0.2) is 0 Å². The number of hydrogen-bond acceptors (Lipinski definition) is 2. The minimum absolute atomic E-state index is 0.153. The van der Waals surface area contributed by atoms with Crippen LogP contribution in [0.15, 0.2) is 24.3 Å². The summed E-state index contributed by atoms with van der Waals surface area (Å²) in [5, 5.41) is 2.84. The van der Waals surface area contributed by atoms with E-state index < -0.39 is 6.04 Å². The average Bonchev–Trinajstić information content (AvgIpc) is 2.36. The molecule has 0 spiro atoms. The lowest BCUT2D eigenvalue weighted by Gasteiger charge is -2.17. The highest BCUT2D eigenvalue weighted by atomic mass is 19.1. The van der Waals surface area contributed by atoms with Crippen LogP contribution in [0.5, 0.6) is 0 Å². The van der Waals surface area contributed by atoms with Gasteiger partial charge in [-0.05, 0) is 31.0 Å². The molecule has 3 nitrogen and oxygen atoms in total. The van der Waals surface area contributed by atoms with Crippen molar-refractivity contribution in [2.75, 3.05) is 0 Å². The van der Waals surface area contributed by atoms with Crippen LogP contribution >= 0.6 is 0 Å². The zero-order valence-corrected chi connectivity index (χ0v) is 10.9. The maximum Gasteiger partial charge on any atom is 0.237 e. The molecule has 0 aliphatic rings. The molecular weight excluding hydrogens is 231 g/mol. The molecule has 0 radical (unpaired) electrons. The van der Waals surface area contributed by atoms with E-state index in [0.29, 0.717) is 6.42 Å². The van der Waals surface area contributed by atoms with Crippen molar-refractivity contribution in [3.8, 4) is 0 Å². The molecule has 1 amide bonds. The van der Waals surface area contributed by atoms with Crippen molar-refractivity contribution in [2.45, 2.75) is 45.2 Å². The van der Waals surface area contributed by atoms with Gasteiger partial charge in [-0.15, -0.1) is 0 Å². The molecule has 1 rings (SSSR count). The molecule has 1 aromatic carbocycles. The second kappa shape index (κ2) is 7.11. The molecule has 100 valence electrons. The second-order valence-electron chi connectivity index (χ2n) is 4.53. The first kappa shape index (κ1) is 14.6. The van der Waals surface area contributed by atoms with Crippen molar-refractivity contribution in [1.82, 2.24) is 5.32 Å². The van der Waals surface area contributed by atoms with Crippen LogP contribution in [0.1, 0.15) is 44.7 Å². The van der Waals surface area contributed by atoms with E-state index in [1.807, 2.05) is 6.92 Å². The topological polar surface area (TPSA) is 55.1 Å². The number of unbranched alkanes of at least 4 members (excludes halogenated alkanes) is 1. The Morgan fingerprint density at radius 2 is 2.00 bits per heavy atom. The summed E-state index contributed by atoms with van der Waals surface area (Å²) >= 11 is 0. The number of benzene rings is 1. The third kappa shape index (κ3) is 4.45. The summed E-state index contributed by atoms with van der Waals surface area (Å²) in [5.74, 6) is -0.433. The van der Waals surface area contributed by atoms with Crippen LogP contribution in [0, 0.1) is 5.82 Å². The summed E-state index contributed by atoms with van der Waals surface area (Å²) in [6.07, 6.45) is 2.66. The maximum atomic E-state index is 12.8. The Hall–Kier alpha value is -1.42. The zero-order chi connectivity index (χ0) is 13.5. The van der Waals surface area contributed by atoms with Crippen molar-refractivity contribution < 1.29 is 9.18 Å². The number of hydrogen-bond donors (Lipinski definition) is 2. The quantitative estimate of drug-likeness (QED) is 0.817. The van der Waals surface area contributed by atoms with Gasteiger partial charge < -0.3 is 11.1 Å². The van der Waals surface area contributed by atoms with Gasteiger partial charge in [0.05, 0.1) is 12.1 Å². The molecule has 0 unspecified atom stereocenters. The van der Waals surface area contributed by atoms with Crippen LogP contribution in [-0.2, 0) is 4.79 Å². The first-order valence-electron chi connectivity index (χ1n) is 6.36. The minimum Gasteiger partial charge on any atom is -0.348 e. The van der Waals surface area contributed by atoms with Gasteiger partial charge >= 0.3 is 0 Å². The molecule has 3 N–H and O–H groups in total. The molecule has 1 aromatic rings. The standard InChI is InChI=1S/C14H21FN2O/c1-3-4-5-13(16)14(18)17-10(2)11-6-8-12(15)9-7-11/h6-10,13H,3-5,16H2,1-2H3,(H,17,18)/t10-,13-/m0/s1. The van der Waals surface area contributed by atoms with Crippen LogP contribution < -0.4 is 11.1 Å². The molecule has 0 bridgehead atoms. The third-order valence-electron chi connectivity index (χ3n) is 2.93. The molecule has 0 fully saturated rings. The molecule has 0 saturated carbocycles. The molecule has 18 heavy (non-hydrogen) atoms. The highest BCUT2D eigenvalue weighted by Gasteiger charge is 2.15. The van der Waals surface area contributed by atoms with Gasteiger partial charge in [-0.1, -0.05) is 31.9 Å². The minimum atomic E-state index is -0.465. The fourth-order valence-electron chi connectivity index (χ4n) is 1.71. The average molecular weight is 252 g/mol. The lowest BCUT2D eigenvalue weighted by molar-refractivity contribution is -0.123. The molecule has 2 atom stereocenters. The molecule has 4 heteroatoms. The number of rotatable bonds is 6.